The van der Waals surface area contributed by atoms with Crippen molar-refractivity contribution in [1.82, 2.24) is 4.98 Å². The fourth-order valence-electron chi connectivity index (χ4n) is 2.10. The number of piperidine rings is 1. The summed E-state index contributed by atoms with van der Waals surface area (Å²) in [6.45, 7) is 6.89. The summed E-state index contributed by atoms with van der Waals surface area (Å²) in [4.78, 5) is 7.65. The minimum absolute atomic E-state index is 0.106. The number of rotatable bonds is 2. The minimum Gasteiger partial charge on any atom is -0.391 e. The fourth-order valence-corrected chi connectivity index (χ4v) is 2.90. The smallest absolute Gasteiger partial charge is 0.185 e. The molecule has 2 rings (SSSR count). The fraction of sp³-hybridized carbons (Fsp3) is 0.727. The van der Waals surface area contributed by atoms with Crippen LogP contribution in [0.5, 0.6) is 0 Å². The van der Waals surface area contributed by atoms with Gasteiger partial charge < -0.3 is 10.0 Å². The lowest BCUT2D eigenvalue weighted by Gasteiger charge is -2.37. The van der Waals surface area contributed by atoms with Gasteiger partial charge in [-0.25, -0.2) is 4.98 Å². The van der Waals surface area contributed by atoms with Gasteiger partial charge in [0.2, 0.25) is 0 Å². The minimum atomic E-state index is 0.106. The largest absolute Gasteiger partial charge is 0.391 e. The maximum Gasteiger partial charge on any atom is 0.185 e. The van der Waals surface area contributed by atoms with Crippen molar-refractivity contribution < 1.29 is 5.11 Å². The van der Waals surface area contributed by atoms with Gasteiger partial charge in [0.1, 0.15) is 0 Å². The summed E-state index contributed by atoms with van der Waals surface area (Å²) < 4.78 is 0. The van der Waals surface area contributed by atoms with E-state index < -0.39 is 0 Å². The Kier molecular flexibility index (Phi) is 2.98. The van der Waals surface area contributed by atoms with Gasteiger partial charge in [-0.15, -0.1) is 0 Å². The van der Waals surface area contributed by atoms with Gasteiger partial charge in [-0.05, 0) is 18.3 Å². The Morgan fingerprint density at radius 1 is 1.60 bits per heavy atom. The summed E-state index contributed by atoms with van der Waals surface area (Å²) >= 11 is 1.60. The molecule has 0 spiro atoms. The van der Waals surface area contributed by atoms with E-state index in [1.807, 2.05) is 0 Å². The maximum absolute atomic E-state index is 9.00. The second-order valence-electron chi connectivity index (χ2n) is 4.96. The second kappa shape index (κ2) is 4.10. The lowest BCUT2D eigenvalue weighted by Crippen LogP contribution is -2.39. The molecular formula is C11H18N2OS. The number of hydrogen-bond acceptors (Lipinski definition) is 4. The molecule has 0 aromatic carbocycles. The van der Waals surface area contributed by atoms with Crippen LogP contribution in [0.1, 0.15) is 31.6 Å². The Morgan fingerprint density at radius 2 is 2.40 bits per heavy atom. The van der Waals surface area contributed by atoms with Gasteiger partial charge in [0.15, 0.2) is 5.13 Å². The standard InChI is InChI=1S/C11H18N2OS/c1-11(2)4-3-5-13(8-11)10-12-6-9(7-14)15-10/h6,14H,3-5,7-8H2,1-2H3. The Balaban J connectivity index is 2.10. The molecule has 1 N–H and O–H groups in total. The van der Waals surface area contributed by atoms with Gasteiger partial charge in [0.25, 0.3) is 0 Å². The molecule has 0 amide bonds. The van der Waals surface area contributed by atoms with E-state index >= 15 is 0 Å². The molecule has 1 aromatic heterocycles. The first-order chi connectivity index (χ1) is 7.11. The van der Waals surface area contributed by atoms with Crippen molar-refractivity contribution in [3.8, 4) is 0 Å². The van der Waals surface area contributed by atoms with E-state index in [-0.39, 0.29) is 6.61 Å². The third kappa shape index (κ3) is 2.49. The van der Waals surface area contributed by atoms with Crippen molar-refractivity contribution in [3.63, 3.8) is 0 Å². The van der Waals surface area contributed by atoms with E-state index in [4.69, 9.17) is 5.11 Å². The second-order valence-corrected chi connectivity index (χ2v) is 6.05. The van der Waals surface area contributed by atoms with Crippen LogP contribution in [-0.4, -0.2) is 23.2 Å². The van der Waals surface area contributed by atoms with Crippen LogP contribution in [0.2, 0.25) is 0 Å². The molecule has 0 radical (unpaired) electrons. The monoisotopic (exact) mass is 226 g/mol. The van der Waals surface area contributed by atoms with E-state index in [0.29, 0.717) is 5.41 Å². The van der Waals surface area contributed by atoms with Crippen LogP contribution in [0, 0.1) is 5.41 Å². The van der Waals surface area contributed by atoms with Crippen LogP contribution in [0.15, 0.2) is 6.20 Å². The number of nitrogens with zero attached hydrogens (tertiary/aromatic N) is 2. The lowest BCUT2D eigenvalue weighted by atomic mass is 9.84. The van der Waals surface area contributed by atoms with Gasteiger partial charge in [0, 0.05) is 19.3 Å². The van der Waals surface area contributed by atoms with Gasteiger partial charge >= 0.3 is 0 Å². The van der Waals surface area contributed by atoms with E-state index in [1.54, 1.807) is 17.5 Å². The van der Waals surface area contributed by atoms with Crippen LogP contribution in [0.4, 0.5) is 5.13 Å². The highest BCUT2D eigenvalue weighted by molar-refractivity contribution is 7.15. The number of hydrogen-bond donors (Lipinski definition) is 1. The summed E-state index contributed by atoms with van der Waals surface area (Å²) in [6.07, 6.45) is 4.31. The molecule has 1 saturated heterocycles. The highest BCUT2D eigenvalue weighted by Crippen LogP contribution is 2.33. The third-order valence-electron chi connectivity index (χ3n) is 2.87. The molecule has 0 atom stereocenters. The van der Waals surface area contributed by atoms with Gasteiger partial charge in [-0.3, -0.25) is 0 Å². The topological polar surface area (TPSA) is 36.4 Å². The molecule has 0 aliphatic carbocycles. The molecule has 0 bridgehead atoms. The predicted octanol–water partition coefficient (Wildman–Crippen LogP) is 2.26. The SMILES string of the molecule is CC1(C)CCCN(c2ncc(CO)s2)C1. The van der Waals surface area contributed by atoms with Crippen LogP contribution in [0.3, 0.4) is 0 Å². The van der Waals surface area contributed by atoms with Crippen molar-refractivity contribution in [2.75, 3.05) is 18.0 Å². The molecule has 84 valence electrons. The number of aliphatic hydroxyl groups excluding tert-OH is 1. The average molecular weight is 226 g/mol. The third-order valence-corrected chi connectivity index (χ3v) is 3.91. The molecule has 0 saturated carbocycles. The van der Waals surface area contributed by atoms with Crippen molar-refractivity contribution in [1.29, 1.82) is 0 Å². The van der Waals surface area contributed by atoms with Crippen LogP contribution in [-0.2, 0) is 6.61 Å². The molecule has 1 fully saturated rings. The van der Waals surface area contributed by atoms with Crippen LogP contribution < -0.4 is 4.90 Å². The lowest BCUT2D eigenvalue weighted by molar-refractivity contribution is 0.285. The van der Waals surface area contributed by atoms with Crippen molar-refractivity contribution in [3.05, 3.63) is 11.1 Å². The van der Waals surface area contributed by atoms with Crippen LogP contribution >= 0.6 is 11.3 Å². The molecule has 1 aromatic rings. The normalized spacial score (nSPS) is 20.6. The summed E-state index contributed by atoms with van der Waals surface area (Å²) in [5, 5.41) is 10.1. The molecule has 0 unspecified atom stereocenters. The van der Waals surface area contributed by atoms with Crippen molar-refractivity contribution in [2.24, 2.45) is 5.41 Å². The first-order valence-corrected chi connectivity index (χ1v) is 6.23. The quantitative estimate of drug-likeness (QED) is 0.840. The average Bonchev–Trinajstić information content (AvgIpc) is 2.64. The van der Waals surface area contributed by atoms with Gasteiger partial charge in [0.05, 0.1) is 11.5 Å². The van der Waals surface area contributed by atoms with Gasteiger partial charge in [-0.1, -0.05) is 25.2 Å². The zero-order valence-electron chi connectivity index (χ0n) is 9.36. The molecule has 2 heterocycles. The highest BCUT2D eigenvalue weighted by atomic mass is 32.1. The predicted molar refractivity (Wildman–Crippen MR) is 63.3 cm³/mol. The number of thiazole rings is 1. The van der Waals surface area contributed by atoms with E-state index in [2.05, 4.69) is 23.7 Å². The zero-order valence-corrected chi connectivity index (χ0v) is 10.2. The summed E-state index contributed by atoms with van der Waals surface area (Å²) in [6, 6.07) is 0. The highest BCUT2D eigenvalue weighted by Gasteiger charge is 2.27. The summed E-state index contributed by atoms with van der Waals surface area (Å²) in [5.74, 6) is 0. The first kappa shape index (κ1) is 10.9. The van der Waals surface area contributed by atoms with Gasteiger partial charge in [-0.2, -0.15) is 0 Å². The number of anilines is 1. The molecule has 1 aliphatic heterocycles. The number of aliphatic hydroxyl groups is 1. The summed E-state index contributed by atoms with van der Waals surface area (Å²) in [5.41, 5.74) is 0.392. The Morgan fingerprint density at radius 3 is 3.00 bits per heavy atom. The summed E-state index contributed by atoms with van der Waals surface area (Å²) in [7, 11) is 0. The van der Waals surface area contributed by atoms with E-state index in [9.17, 15) is 0 Å². The Labute approximate surface area is 94.8 Å². The first-order valence-electron chi connectivity index (χ1n) is 5.41. The zero-order chi connectivity index (χ0) is 10.9. The maximum atomic E-state index is 9.00. The van der Waals surface area contributed by atoms with Crippen LogP contribution in [0.25, 0.3) is 0 Å². The Bertz CT molecular complexity index is 335. The molecule has 15 heavy (non-hydrogen) atoms. The molecule has 1 aliphatic rings. The molecule has 4 heteroatoms. The molecular weight excluding hydrogens is 208 g/mol. The Hall–Kier alpha value is -0.610. The van der Waals surface area contributed by atoms with Crippen molar-refractivity contribution in [2.45, 2.75) is 33.3 Å². The van der Waals surface area contributed by atoms with E-state index in [0.717, 1.165) is 23.1 Å². The van der Waals surface area contributed by atoms with Crippen molar-refractivity contribution >= 4 is 16.5 Å². The number of aromatic nitrogens is 1. The van der Waals surface area contributed by atoms with E-state index in [1.165, 1.54) is 12.8 Å². The molecule has 3 nitrogen and oxygen atoms in total.